The van der Waals surface area contributed by atoms with Gasteiger partial charge in [0.25, 0.3) is 5.91 Å². The van der Waals surface area contributed by atoms with E-state index in [1.165, 1.54) is 32.1 Å². The van der Waals surface area contributed by atoms with E-state index in [4.69, 9.17) is 4.42 Å². The molecule has 0 unspecified atom stereocenters. The molecule has 5 nitrogen and oxygen atoms in total. The number of benzene rings is 1. The van der Waals surface area contributed by atoms with Gasteiger partial charge in [0, 0.05) is 42.2 Å². The molecule has 2 bridgehead atoms. The van der Waals surface area contributed by atoms with Gasteiger partial charge in [-0.25, -0.2) is 0 Å². The van der Waals surface area contributed by atoms with Crippen molar-refractivity contribution in [3.05, 3.63) is 30.0 Å². The summed E-state index contributed by atoms with van der Waals surface area (Å²) in [7, 11) is 0. The summed E-state index contributed by atoms with van der Waals surface area (Å²) in [5.74, 6) is 0.0343. The second-order valence-electron chi connectivity index (χ2n) is 7.74. The van der Waals surface area contributed by atoms with Crippen molar-refractivity contribution in [3.63, 3.8) is 0 Å². The third-order valence-corrected chi connectivity index (χ3v) is 6.13. The van der Waals surface area contributed by atoms with Gasteiger partial charge < -0.3 is 20.0 Å². The molecule has 0 radical (unpaired) electrons. The first kappa shape index (κ1) is 15.3. The molecule has 0 spiro atoms. The summed E-state index contributed by atoms with van der Waals surface area (Å²) in [5.41, 5.74) is 2.72. The molecule has 3 aliphatic rings. The molecule has 3 saturated heterocycles. The summed E-state index contributed by atoms with van der Waals surface area (Å²) in [6, 6.07) is 7.12. The van der Waals surface area contributed by atoms with Crippen LogP contribution in [0.1, 0.15) is 48.9 Å². The lowest BCUT2D eigenvalue weighted by Gasteiger charge is -2.27. The Hall–Kier alpha value is -2.01. The van der Waals surface area contributed by atoms with Gasteiger partial charge in [-0.3, -0.25) is 4.79 Å². The molecular weight excluding hydrogens is 314 g/mol. The molecule has 4 heterocycles. The fourth-order valence-corrected chi connectivity index (χ4v) is 4.77. The van der Waals surface area contributed by atoms with Gasteiger partial charge in [-0.05, 0) is 56.7 Å². The van der Waals surface area contributed by atoms with Crippen LogP contribution in [0.5, 0.6) is 0 Å². The number of amides is 1. The number of furan rings is 1. The van der Waals surface area contributed by atoms with Crippen LogP contribution in [0.2, 0.25) is 0 Å². The molecule has 2 aromatic rings. The summed E-state index contributed by atoms with van der Waals surface area (Å²) < 4.78 is 5.73. The van der Waals surface area contributed by atoms with E-state index in [1.54, 1.807) is 0 Å². The molecule has 5 rings (SSSR count). The Labute approximate surface area is 147 Å². The Balaban J connectivity index is 1.38. The topological polar surface area (TPSA) is 57.5 Å². The maximum absolute atomic E-state index is 12.7. The minimum Gasteiger partial charge on any atom is -0.462 e. The van der Waals surface area contributed by atoms with E-state index in [9.17, 15) is 4.79 Å². The molecule has 132 valence electrons. The molecule has 1 amide bonds. The number of nitrogens with one attached hydrogen (secondary N) is 2. The number of fused-ring (bicyclic) bond motifs is 3. The minimum absolute atomic E-state index is 0.0343. The van der Waals surface area contributed by atoms with Crippen LogP contribution in [-0.4, -0.2) is 37.1 Å². The van der Waals surface area contributed by atoms with Crippen LogP contribution in [0, 0.1) is 0 Å². The van der Waals surface area contributed by atoms with E-state index in [1.807, 2.05) is 24.5 Å². The lowest BCUT2D eigenvalue weighted by atomic mass is 9.95. The average Bonchev–Trinajstić information content (AvgIpc) is 3.37. The SMILES string of the molecule is O=C(N[C@@H]1C[C@H]2CC[C@@H]1N2)c1ccc2occ(N3CCCCC3)c2c1. The highest BCUT2D eigenvalue weighted by Crippen LogP contribution is 2.32. The Kier molecular flexibility index (Phi) is 3.70. The molecule has 3 atom stereocenters. The minimum atomic E-state index is 0.0343. The lowest BCUT2D eigenvalue weighted by molar-refractivity contribution is 0.0931. The summed E-state index contributed by atoms with van der Waals surface area (Å²) in [6.07, 6.45) is 9.08. The third kappa shape index (κ3) is 2.71. The largest absolute Gasteiger partial charge is 0.462 e. The molecule has 0 aliphatic carbocycles. The molecule has 2 N–H and O–H groups in total. The van der Waals surface area contributed by atoms with Gasteiger partial charge in [-0.2, -0.15) is 0 Å². The van der Waals surface area contributed by atoms with E-state index < -0.39 is 0 Å². The number of piperidine rings is 1. The molecule has 5 heteroatoms. The standard InChI is InChI=1S/C20H25N3O2/c24-20(22-17-11-14-5-6-16(17)21-14)13-4-7-19-15(10-13)18(12-25-19)23-8-2-1-3-9-23/h4,7,10,12,14,16-17,21H,1-3,5-6,8-9,11H2,(H,22,24)/t14-,16+,17-/m1/s1. The number of nitrogens with zero attached hydrogens (tertiary/aromatic N) is 1. The Morgan fingerprint density at radius 1 is 1.20 bits per heavy atom. The van der Waals surface area contributed by atoms with E-state index in [-0.39, 0.29) is 11.9 Å². The molecule has 1 aromatic heterocycles. The van der Waals surface area contributed by atoms with Crippen molar-refractivity contribution in [2.75, 3.05) is 18.0 Å². The second kappa shape index (κ2) is 6.06. The van der Waals surface area contributed by atoms with Gasteiger partial charge in [0.05, 0.1) is 5.69 Å². The third-order valence-electron chi connectivity index (χ3n) is 6.13. The van der Waals surface area contributed by atoms with Crippen molar-refractivity contribution >= 4 is 22.6 Å². The highest BCUT2D eigenvalue weighted by molar-refractivity contribution is 6.01. The van der Waals surface area contributed by atoms with Crippen LogP contribution in [0.3, 0.4) is 0 Å². The fourth-order valence-electron chi connectivity index (χ4n) is 4.77. The fraction of sp³-hybridized carbons (Fsp3) is 0.550. The lowest BCUT2D eigenvalue weighted by Crippen LogP contribution is -2.42. The van der Waals surface area contributed by atoms with Crippen molar-refractivity contribution < 1.29 is 9.21 Å². The van der Waals surface area contributed by atoms with Crippen LogP contribution < -0.4 is 15.5 Å². The number of carbonyl (C=O) groups is 1. The monoisotopic (exact) mass is 339 g/mol. The van der Waals surface area contributed by atoms with Crippen LogP contribution in [-0.2, 0) is 0 Å². The molecular formula is C20H25N3O2. The zero-order valence-corrected chi connectivity index (χ0v) is 14.5. The second-order valence-corrected chi connectivity index (χ2v) is 7.74. The summed E-state index contributed by atoms with van der Waals surface area (Å²) in [6.45, 7) is 2.14. The molecule has 3 fully saturated rings. The highest BCUT2D eigenvalue weighted by atomic mass is 16.3. The van der Waals surface area contributed by atoms with Gasteiger partial charge in [0.15, 0.2) is 0 Å². The number of hydrogen-bond donors (Lipinski definition) is 2. The van der Waals surface area contributed by atoms with Crippen molar-refractivity contribution in [1.82, 2.24) is 10.6 Å². The van der Waals surface area contributed by atoms with Crippen LogP contribution in [0.25, 0.3) is 11.0 Å². The normalized spacial score (nSPS) is 28.6. The summed E-state index contributed by atoms with van der Waals surface area (Å²) >= 11 is 0. The number of anilines is 1. The first-order valence-corrected chi connectivity index (χ1v) is 9.61. The van der Waals surface area contributed by atoms with Gasteiger partial charge >= 0.3 is 0 Å². The van der Waals surface area contributed by atoms with E-state index in [2.05, 4.69) is 15.5 Å². The number of rotatable bonds is 3. The Bertz CT molecular complexity index is 793. The van der Waals surface area contributed by atoms with Gasteiger partial charge in [-0.15, -0.1) is 0 Å². The van der Waals surface area contributed by atoms with Crippen molar-refractivity contribution in [3.8, 4) is 0 Å². The van der Waals surface area contributed by atoms with Crippen LogP contribution in [0.15, 0.2) is 28.9 Å². The maximum Gasteiger partial charge on any atom is 0.251 e. The van der Waals surface area contributed by atoms with Gasteiger partial charge in [0.1, 0.15) is 11.8 Å². The van der Waals surface area contributed by atoms with Crippen molar-refractivity contribution in [2.24, 2.45) is 0 Å². The molecule has 3 aliphatic heterocycles. The smallest absolute Gasteiger partial charge is 0.251 e. The molecule has 1 aromatic carbocycles. The van der Waals surface area contributed by atoms with Crippen LogP contribution in [0.4, 0.5) is 5.69 Å². The quantitative estimate of drug-likeness (QED) is 0.902. The Morgan fingerprint density at radius 2 is 2.08 bits per heavy atom. The Morgan fingerprint density at radius 3 is 2.84 bits per heavy atom. The molecule has 25 heavy (non-hydrogen) atoms. The number of hydrogen-bond acceptors (Lipinski definition) is 4. The van der Waals surface area contributed by atoms with E-state index in [0.29, 0.717) is 12.1 Å². The predicted molar refractivity (Wildman–Crippen MR) is 98.1 cm³/mol. The van der Waals surface area contributed by atoms with Crippen molar-refractivity contribution in [1.29, 1.82) is 0 Å². The first-order valence-electron chi connectivity index (χ1n) is 9.61. The van der Waals surface area contributed by atoms with Gasteiger partial charge in [0.2, 0.25) is 0 Å². The van der Waals surface area contributed by atoms with Gasteiger partial charge in [-0.1, -0.05) is 0 Å². The maximum atomic E-state index is 12.7. The van der Waals surface area contributed by atoms with E-state index >= 15 is 0 Å². The zero-order valence-electron chi connectivity index (χ0n) is 14.5. The zero-order chi connectivity index (χ0) is 16.8. The summed E-state index contributed by atoms with van der Waals surface area (Å²) in [5, 5.41) is 7.87. The van der Waals surface area contributed by atoms with Crippen LogP contribution >= 0.6 is 0 Å². The molecule has 0 saturated carbocycles. The van der Waals surface area contributed by atoms with Crippen molar-refractivity contribution in [2.45, 2.75) is 56.7 Å². The average molecular weight is 339 g/mol. The summed E-state index contributed by atoms with van der Waals surface area (Å²) in [4.78, 5) is 15.1. The first-order chi connectivity index (χ1) is 12.3. The van der Waals surface area contributed by atoms with E-state index in [0.717, 1.165) is 41.7 Å². The predicted octanol–water partition coefficient (Wildman–Crippen LogP) is 3.05. The highest BCUT2D eigenvalue weighted by Gasteiger charge is 2.39. The number of carbonyl (C=O) groups excluding carboxylic acids is 1.